The van der Waals surface area contributed by atoms with Crippen molar-refractivity contribution in [2.75, 3.05) is 0 Å². The number of aryl methyl sites for hydroxylation is 1. The van der Waals surface area contributed by atoms with E-state index in [4.69, 9.17) is 4.42 Å². The van der Waals surface area contributed by atoms with E-state index in [1.54, 1.807) is 0 Å². The van der Waals surface area contributed by atoms with Crippen LogP contribution in [-0.4, -0.2) is 4.57 Å². The van der Waals surface area contributed by atoms with Gasteiger partial charge in [-0.05, 0) is 91.8 Å². The normalized spacial score (nSPS) is 12.2. The molecule has 0 radical (unpaired) electrons. The van der Waals surface area contributed by atoms with Gasteiger partial charge in [0.25, 0.3) is 0 Å². The van der Waals surface area contributed by atoms with E-state index < -0.39 is 0 Å². The van der Waals surface area contributed by atoms with Crippen molar-refractivity contribution >= 4 is 76.8 Å². The van der Waals surface area contributed by atoms with Gasteiger partial charge in [0.1, 0.15) is 11.2 Å². The third kappa shape index (κ3) is 4.14. The molecule has 0 aliphatic heterocycles. The molecule has 0 saturated heterocycles. The van der Waals surface area contributed by atoms with Crippen molar-refractivity contribution in [3.05, 3.63) is 175 Å². The van der Waals surface area contributed by atoms with E-state index in [1.807, 2.05) is 12.1 Å². The Bertz CT molecular complexity index is 2950. The quantitative estimate of drug-likeness (QED) is 0.137. The van der Waals surface area contributed by atoms with Crippen molar-refractivity contribution in [3.8, 4) is 16.8 Å². The number of furan rings is 1. The molecule has 2 heterocycles. The molecular formula is C47H31NO. The number of hydrogen-bond donors (Lipinski definition) is 0. The van der Waals surface area contributed by atoms with Crippen LogP contribution in [0.4, 0.5) is 0 Å². The summed E-state index contributed by atoms with van der Waals surface area (Å²) < 4.78 is 8.73. The van der Waals surface area contributed by atoms with Crippen molar-refractivity contribution in [2.45, 2.75) is 6.92 Å². The van der Waals surface area contributed by atoms with E-state index in [-0.39, 0.29) is 0 Å². The van der Waals surface area contributed by atoms with Gasteiger partial charge in [-0.25, -0.2) is 0 Å². The highest BCUT2D eigenvalue weighted by Gasteiger charge is 2.17. The Kier molecular flexibility index (Phi) is 5.97. The molecule has 0 bridgehead atoms. The number of allylic oxidation sites excluding steroid dienone is 2. The first kappa shape index (κ1) is 27.7. The molecular weight excluding hydrogens is 595 g/mol. The average Bonchev–Trinajstić information content (AvgIpc) is 3.67. The topological polar surface area (TPSA) is 18.1 Å². The summed E-state index contributed by atoms with van der Waals surface area (Å²) in [5.41, 5.74) is 10.8. The largest absolute Gasteiger partial charge is 0.455 e. The van der Waals surface area contributed by atoms with Gasteiger partial charge in [0.15, 0.2) is 0 Å². The van der Waals surface area contributed by atoms with E-state index in [2.05, 4.69) is 164 Å². The Labute approximate surface area is 283 Å². The minimum Gasteiger partial charge on any atom is -0.455 e. The van der Waals surface area contributed by atoms with Crippen LogP contribution in [0.15, 0.2) is 163 Å². The molecule has 2 heteroatoms. The van der Waals surface area contributed by atoms with Gasteiger partial charge >= 0.3 is 0 Å². The minimum atomic E-state index is 0.872. The van der Waals surface area contributed by atoms with Gasteiger partial charge in [-0.1, -0.05) is 134 Å². The molecule has 0 aliphatic rings. The van der Waals surface area contributed by atoms with Crippen LogP contribution in [0.1, 0.15) is 16.8 Å². The Morgan fingerprint density at radius 3 is 2.18 bits per heavy atom. The number of hydrogen-bond acceptors (Lipinski definition) is 1. The summed E-state index contributed by atoms with van der Waals surface area (Å²) in [5, 5.41) is 11.3. The summed E-state index contributed by atoms with van der Waals surface area (Å²) in [6, 6.07) is 52.3. The van der Waals surface area contributed by atoms with E-state index in [9.17, 15) is 0 Å². The predicted molar refractivity (Wildman–Crippen MR) is 209 cm³/mol. The summed E-state index contributed by atoms with van der Waals surface area (Å²) in [7, 11) is 0. The van der Waals surface area contributed by atoms with Crippen molar-refractivity contribution in [2.24, 2.45) is 0 Å². The van der Waals surface area contributed by atoms with Crippen molar-refractivity contribution in [1.82, 2.24) is 4.57 Å². The van der Waals surface area contributed by atoms with E-state index in [1.165, 1.54) is 59.9 Å². The van der Waals surface area contributed by atoms with Crippen LogP contribution in [-0.2, 0) is 0 Å². The van der Waals surface area contributed by atoms with Gasteiger partial charge in [-0.2, -0.15) is 0 Å². The zero-order valence-corrected chi connectivity index (χ0v) is 27.1. The minimum absolute atomic E-state index is 0.872. The first-order valence-corrected chi connectivity index (χ1v) is 16.8. The van der Waals surface area contributed by atoms with Gasteiger partial charge in [0, 0.05) is 33.1 Å². The molecule has 10 rings (SSSR count). The molecule has 0 fully saturated rings. The number of para-hydroxylation sites is 3. The van der Waals surface area contributed by atoms with E-state index in [0.29, 0.717) is 0 Å². The average molecular weight is 626 g/mol. The monoisotopic (exact) mass is 625 g/mol. The van der Waals surface area contributed by atoms with Crippen LogP contribution in [0.5, 0.6) is 0 Å². The van der Waals surface area contributed by atoms with E-state index >= 15 is 0 Å². The van der Waals surface area contributed by atoms with Crippen LogP contribution < -0.4 is 0 Å². The smallest absolute Gasteiger partial charge is 0.143 e. The Hall–Kier alpha value is -6.38. The maximum absolute atomic E-state index is 6.34. The molecule has 2 nitrogen and oxygen atoms in total. The fourth-order valence-electron chi connectivity index (χ4n) is 7.97. The maximum Gasteiger partial charge on any atom is 0.143 e. The predicted octanol–water partition coefficient (Wildman–Crippen LogP) is 13.1. The summed E-state index contributed by atoms with van der Waals surface area (Å²) >= 11 is 0. The van der Waals surface area contributed by atoms with Gasteiger partial charge in [0.2, 0.25) is 0 Å². The lowest BCUT2D eigenvalue weighted by Crippen LogP contribution is -1.98. The highest BCUT2D eigenvalue weighted by Crippen LogP contribution is 2.40. The second-order valence-electron chi connectivity index (χ2n) is 13.0. The van der Waals surface area contributed by atoms with Gasteiger partial charge in [-0.3, -0.25) is 0 Å². The lowest BCUT2D eigenvalue weighted by molar-refractivity contribution is 0.668. The standard InChI is InChI=1S/C47H31NO/c1-29(36-16-9-17-41-39-15-4-6-19-44(39)49-47(36)41)20-27-42-30(2)37-14-3-5-18-43(37)48(42)35-13-8-12-34(28-35)38-25-23-33-22-21-31-10-7-11-32-24-26-40(38)46(33)45(31)32/h3-28H,1H2,2H3/b27-20-. The molecule has 49 heavy (non-hydrogen) atoms. The molecule has 0 aliphatic carbocycles. The molecule has 230 valence electrons. The molecule has 0 amide bonds. The van der Waals surface area contributed by atoms with Crippen LogP contribution >= 0.6 is 0 Å². The fraction of sp³-hybridized carbons (Fsp3) is 0.0213. The van der Waals surface area contributed by atoms with Crippen molar-refractivity contribution < 1.29 is 4.42 Å². The lowest BCUT2D eigenvalue weighted by Gasteiger charge is -2.16. The van der Waals surface area contributed by atoms with Crippen LogP contribution in [0, 0.1) is 6.92 Å². The van der Waals surface area contributed by atoms with Gasteiger partial charge < -0.3 is 8.98 Å². The first-order valence-electron chi connectivity index (χ1n) is 16.8. The summed E-state index contributed by atoms with van der Waals surface area (Å²) in [4.78, 5) is 0. The molecule has 0 atom stereocenters. The van der Waals surface area contributed by atoms with Crippen LogP contribution in [0.3, 0.4) is 0 Å². The first-order chi connectivity index (χ1) is 24.1. The third-order valence-corrected chi connectivity index (χ3v) is 10.3. The van der Waals surface area contributed by atoms with Crippen LogP contribution in [0.25, 0.3) is 93.6 Å². The lowest BCUT2D eigenvalue weighted by atomic mass is 9.90. The highest BCUT2D eigenvalue weighted by atomic mass is 16.3. The number of aromatic nitrogens is 1. The molecule has 2 aromatic heterocycles. The molecule has 10 aromatic rings. The van der Waals surface area contributed by atoms with Crippen molar-refractivity contribution in [3.63, 3.8) is 0 Å². The summed E-state index contributed by atoms with van der Waals surface area (Å²) in [5.74, 6) is 0. The molecule has 0 unspecified atom stereocenters. The second-order valence-corrected chi connectivity index (χ2v) is 13.0. The fourth-order valence-corrected chi connectivity index (χ4v) is 7.97. The van der Waals surface area contributed by atoms with Gasteiger partial charge in [-0.15, -0.1) is 0 Å². The van der Waals surface area contributed by atoms with Crippen molar-refractivity contribution in [1.29, 1.82) is 0 Å². The number of rotatable bonds is 5. The summed E-state index contributed by atoms with van der Waals surface area (Å²) in [6.07, 6.45) is 4.34. The van der Waals surface area contributed by atoms with E-state index in [0.717, 1.165) is 44.5 Å². The molecule has 0 saturated carbocycles. The van der Waals surface area contributed by atoms with Crippen LogP contribution in [0.2, 0.25) is 0 Å². The SMILES string of the molecule is C=C(/C=C\c1c(C)c2ccccc2n1-c1cccc(-c2ccc3ccc4cccc5ccc2c3c45)c1)c1cccc2c1oc1ccccc12. The highest BCUT2D eigenvalue weighted by molar-refractivity contribution is 6.25. The Morgan fingerprint density at radius 1 is 0.612 bits per heavy atom. The zero-order chi connectivity index (χ0) is 32.6. The Balaban J connectivity index is 1.12. The van der Waals surface area contributed by atoms with Gasteiger partial charge in [0.05, 0.1) is 5.52 Å². The molecule has 0 N–H and O–H groups in total. The Morgan fingerprint density at radius 2 is 1.31 bits per heavy atom. The summed E-state index contributed by atoms with van der Waals surface area (Å²) in [6.45, 7) is 6.72. The zero-order valence-electron chi connectivity index (χ0n) is 27.1. The number of fused-ring (bicyclic) bond motifs is 4. The number of benzene rings is 8. The molecule has 8 aromatic carbocycles. The third-order valence-electron chi connectivity index (χ3n) is 10.3. The number of nitrogens with zero attached hydrogens (tertiary/aromatic N) is 1. The maximum atomic E-state index is 6.34. The second kappa shape index (κ2) is 10.6. The molecule has 0 spiro atoms.